The van der Waals surface area contributed by atoms with Gasteiger partial charge in [0.1, 0.15) is 0 Å². The van der Waals surface area contributed by atoms with Crippen LogP contribution in [0.25, 0.3) is 0 Å². The first-order valence-corrected chi connectivity index (χ1v) is 4.43. The monoisotopic (exact) mass is 177 g/mol. The molecular formula is C11H15NO. The molecule has 70 valence electrons. The van der Waals surface area contributed by atoms with E-state index in [9.17, 15) is 4.79 Å². The van der Waals surface area contributed by atoms with Gasteiger partial charge in [0.15, 0.2) is 0 Å². The molecule has 2 heteroatoms. The van der Waals surface area contributed by atoms with Crippen LogP contribution in [0.5, 0.6) is 0 Å². The van der Waals surface area contributed by atoms with Gasteiger partial charge in [0.2, 0.25) is 6.41 Å². The van der Waals surface area contributed by atoms with Crippen LogP contribution in [0, 0.1) is 0 Å². The Kier molecular flexibility index (Phi) is 3.07. The van der Waals surface area contributed by atoms with Crippen LogP contribution in [0.4, 0.5) is 0 Å². The summed E-state index contributed by atoms with van der Waals surface area (Å²) in [5, 5.41) is 0. The van der Waals surface area contributed by atoms with Gasteiger partial charge in [-0.25, -0.2) is 0 Å². The summed E-state index contributed by atoms with van der Waals surface area (Å²) in [6.07, 6.45) is 5.45. The summed E-state index contributed by atoms with van der Waals surface area (Å²) in [6, 6.07) is 0.136. The molecule has 2 nitrogen and oxygen atoms in total. The van der Waals surface area contributed by atoms with Crippen molar-refractivity contribution in [3.05, 3.63) is 36.5 Å². The summed E-state index contributed by atoms with van der Waals surface area (Å²) >= 11 is 0. The number of amides is 1. The molecule has 0 fully saturated rings. The quantitative estimate of drug-likeness (QED) is 0.603. The van der Waals surface area contributed by atoms with Crippen LogP contribution in [0.1, 0.15) is 13.3 Å². The lowest BCUT2D eigenvalue weighted by atomic mass is 9.94. The second-order valence-electron chi connectivity index (χ2n) is 3.16. The Hall–Kier alpha value is -1.31. The highest BCUT2D eigenvalue weighted by Crippen LogP contribution is 2.24. The molecule has 1 amide bonds. The van der Waals surface area contributed by atoms with E-state index >= 15 is 0 Å². The molecular weight excluding hydrogens is 162 g/mol. The van der Waals surface area contributed by atoms with Gasteiger partial charge in [-0.1, -0.05) is 25.3 Å². The van der Waals surface area contributed by atoms with Gasteiger partial charge in [0, 0.05) is 6.54 Å². The molecule has 0 aromatic rings. The van der Waals surface area contributed by atoms with E-state index in [4.69, 9.17) is 0 Å². The summed E-state index contributed by atoms with van der Waals surface area (Å²) in [7, 11) is 0. The zero-order chi connectivity index (χ0) is 9.84. The Morgan fingerprint density at radius 2 is 2.15 bits per heavy atom. The molecule has 1 aliphatic rings. The molecule has 1 heterocycles. The average Bonchev–Trinajstić information content (AvgIpc) is 2.17. The van der Waals surface area contributed by atoms with Crippen molar-refractivity contribution in [2.75, 3.05) is 6.54 Å². The Balaban J connectivity index is 3.00. The number of allylic oxidation sites excluding steroid dienone is 1. The lowest BCUT2D eigenvalue weighted by molar-refractivity contribution is -0.119. The molecule has 0 aliphatic carbocycles. The molecule has 0 spiro atoms. The highest BCUT2D eigenvalue weighted by atomic mass is 16.1. The Bertz CT molecular complexity index is 265. The van der Waals surface area contributed by atoms with E-state index in [1.807, 2.05) is 19.1 Å². The van der Waals surface area contributed by atoms with Crippen LogP contribution in [0.2, 0.25) is 0 Å². The van der Waals surface area contributed by atoms with Crippen molar-refractivity contribution in [2.45, 2.75) is 19.4 Å². The number of carbonyl (C=O) groups excluding carboxylic acids is 1. The molecule has 0 saturated carbocycles. The summed E-state index contributed by atoms with van der Waals surface area (Å²) in [4.78, 5) is 12.5. The normalized spacial score (nSPS) is 22.8. The summed E-state index contributed by atoms with van der Waals surface area (Å²) < 4.78 is 0. The highest BCUT2D eigenvalue weighted by molar-refractivity contribution is 5.52. The fourth-order valence-electron chi connectivity index (χ4n) is 1.70. The molecule has 1 aliphatic heterocycles. The van der Waals surface area contributed by atoms with Crippen molar-refractivity contribution >= 4 is 6.41 Å². The van der Waals surface area contributed by atoms with E-state index < -0.39 is 0 Å². The first-order chi connectivity index (χ1) is 6.24. The van der Waals surface area contributed by atoms with Crippen molar-refractivity contribution in [1.29, 1.82) is 0 Å². The minimum Gasteiger partial charge on any atom is -0.338 e. The van der Waals surface area contributed by atoms with Gasteiger partial charge in [0.25, 0.3) is 0 Å². The third kappa shape index (κ3) is 1.72. The van der Waals surface area contributed by atoms with E-state index in [1.54, 1.807) is 4.90 Å². The molecule has 0 saturated heterocycles. The maximum absolute atomic E-state index is 10.7. The van der Waals surface area contributed by atoms with Gasteiger partial charge in [-0.05, 0) is 24.5 Å². The van der Waals surface area contributed by atoms with Crippen LogP contribution in [-0.2, 0) is 4.79 Å². The van der Waals surface area contributed by atoms with E-state index in [2.05, 4.69) is 13.2 Å². The number of hydrogen-bond donors (Lipinski definition) is 0. The molecule has 0 aromatic heterocycles. The summed E-state index contributed by atoms with van der Waals surface area (Å²) in [5.74, 6) is 0. The Labute approximate surface area is 79.2 Å². The average molecular weight is 177 g/mol. The number of rotatable bonds is 3. The second kappa shape index (κ2) is 4.08. The van der Waals surface area contributed by atoms with E-state index in [1.165, 1.54) is 5.57 Å². The zero-order valence-corrected chi connectivity index (χ0v) is 7.99. The highest BCUT2D eigenvalue weighted by Gasteiger charge is 2.21. The van der Waals surface area contributed by atoms with Crippen LogP contribution < -0.4 is 0 Å². The lowest BCUT2D eigenvalue weighted by Gasteiger charge is -2.32. The number of carbonyl (C=O) groups is 1. The number of hydrogen-bond acceptors (Lipinski definition) is 1. The van der Waals surface area contributed by atoms with Crippen LogP contribution in [-0.4, -0.2) is 23.9 Å². The predicted octanol–water partition coefficient (Wildman–Crippen LogP) is 1.91. The lowest BCUT2D eigenvalue weighted by Crippen LogP contribution is -2.37. The fraction of sp³-hybridized carbons (Fsp3) is 0.364. The smallest absolute Gasteiger partial charge is 0.210 e. The van der Waals surface area contributed by atoms with Gasteiger partial charge in [-0.2, -0.15) is 0 Å². The molecule has 0 radical (unpaired) electrons. The van der Waals surface area contributed by atoms with Crippen LogP contribution >= 0.6 is 0 Å². The maximum atomic E-state index is 10.7. The SMILES string of the molecule is C=CC1=C(C=C)[C@H](C)N(C=O)CC1. The molecule has 0 aromatic carbocycles. The minimum atomic E-state index is 0.136. The van der Waals surface area contributed by atoms with Crippen molar-refractivity contribution in [3.8, 4) is 0 Å². The predicted molar refractivity (Wildman–Crippen MR) is 54.3 cm³/mol. The summed E-state index contributed by atoms with van der Waals surface area (Å²) in [6.45, 7) is 10.3. The molecule has 0 N–H and O–H groups in total. The van der Waals surface area contributed by atoms with Gasteiger partial charge < -0.3 is 4.90 Å². The Morgan fingerprint density at radius 1 is 1.46 bits per heavy atom. The van der Waals surface area contributed by atoms with Gasteiger partial charge in [0.05, 0.1) is 6.04 Å². The van der Waals surface area contributed by atoms with Crippen molar-refractivity contribution in [1.82, 2.24) is 4.90 Å². The third-order valence-electron chi connectivity index (χ3n) is 2.56. The molecule has 0 bridgehead atoms. The first kappa shape index (κ1) is 9.78. The standard InChI is InChI=1S/C11H15NO/c1-4-10-6-7-12(8-13)9(3)11(10)5-2/h4-5,8-9H,1-2,6-7H2,3H3/t9-/m0/s1. The van der Waals surface area contributed by atoms with Crippen molar-refractivity contribution < 1.29 is 4.79 Å². The van der Waals surface area contributed by atoms with Crippen LogP contribution in [0.3, 0.4) is 0 Å². The van der Waals surface area contributed by atoms with Gasteiger partial charge >= 0.3 is 0 Å². The largest absolute Gasteiger partial charge is 0.338 e. The topological polar surface area (TPSA) is 20.3 Å². The molecule has 1 rings (SSSR count). The number of nitrogens with zero attached hydrogens (tertiary/aromatic N) is 1. The minimum absolute atomic E-state index is 0.136. The zero-order valence-electron chi connectivity index (χ0n) is 7.99. The van der Waals surface area contributed by atoms with Gasteiger partial charge in [-0.15, -0.1) is 0 Å². The van der Waals surface area contributed by atoms with E-state index in [0.29, 0.717) is 0 Å². The first-order valence-electron chi connectivity index (χ1n) is 4.43. The van der Waals surface area contributed by atoms with Gasteiger partial charge in [-0.3, -0.25) is 4.79 Å². The van der Waals surface area contributed by atoms with Crippen molar-refractivity contribution in [3.63, 3.8) is 0 Å². The fourth-order valence-corrected chi connectivity index (χ4v) is 1.70. The molecule has 0 unspecified atom stereocenters. The third-order valence-corrected chi connectivity index (χ3v) is 2.56. The van der Waals surface area contributed by atoms with Crippen LogP contribution in [0.15, 0.2) is 36.5 Å². The molecule has 1 atom stereocenters. The second-order valence-corrected chi connectivity index (χ2v) is 3.16. The summed E-state index contributed by atoms with van der Waals surface area (Å²) in [5.41, 5.74) is 2.33. The molecule has 13 heavy (non-hydrogen) atoms. The van der Waals surface area contributed by atoms with E-state index in [-0.39, 0.29) is 6.04 Å². The van der Waals surface area contributed by atoms with Crippen molar-refractivity contribution in [2.24, 2.45) is 0 Å². The maximum Gasteiger partial charge on any atom is 0.210 e. The Morgan fingerprint density at radius 3 is 2.62 bits per heavy atom. The van der Waals surface area contributed by atoms with E-state index in [0.717, 1.165) is 24.9 Å².